The molecule has 1 N–H and O–H groups in total. The van der Waals surface area contributed by atoms with Crippen LogP contribution in [0, 0.1) is 0 Å². The van der Waals surface area contributed by atoms with Crippen molar-refractivity contribution in [3.8, 4) is 15.7 Å². The Balaban J connectivity index is 1.33. The summed E-state index contributed by atoms with van der Waals surface area (Å²) in [6.07, 6.45) is 5.13. The van der Waals surface area contributed by atoms with Gasteiger partial charge in [-0.05, 0) is 42.5 Å². The molecule has 0 saturated carbocycles. The Morgan fingerprint density at radius 3 is 2.71 bits per heavy atom. The summed E-state index contributed by atoms with van der Waals surface area (Å²) in [5.41, 5.74) is 1.61. The summed E-state index contributed by atoms with van der Waals surface area (Å²) in [7, 11) is 0. The van der Waals surface area contributed by atoms with Gasteiger partial charge in [0.1, 0.15) is 5.01 Å². The van der Waals surface area contributed by atoms with Crippen LogP contribution in [0.3, 0.4) is 0 Å². The second-order valence-electron chi connectivity index (χ2n) is 5.96. The highest BCUT2D eigenvalue weighted by atomic mass is 32.1. The van der Waals surface area contributed by atoms with Gasteiger partial charge in [-0.2, -0.15) is 5.10 Å². The van der Waals surface area contributed by atoms with Crippen LogP contribution in [0.2, 0.25) is 0 Å². The van der Waals surface area contributed by atoms with Crippen LogP contribution >= 0.6 is 22.7 Å². The second kappa shape index (κ2) is 6.99. The molecule has 6 nitrogen and oxygen atoms in total. The minimum atomic E-state index is -0.161. The van der Waals surface area contributed by atoms with Gasteiger partial charge in [-0.1, -0.05) is 12.1 Å². The number of nitrogens with one attached hydrogen (secondary N) is 1. The largest absolute Gasteiger partial charge is 0.320 e. The number of thiophene rings is 1. The van der Waals surface area contributed by atoms with Crippen LogP contribution in [0.4, 0.5) is 5.69 Å². The van der Waals surface area contributed by atoms with E-state index >= 15 is 0 Å². The minimum Gasteiger partial charge on any atom is -0.320 e. The second-order valence-corrected chi connectivity index (χ2v) is 8.07. The van der Waals surface area contributed by atoms with Gasteiger partial charge in [0.15, 0.2) is 5.82 Å². The number of aromatic nitrogens is 4. The highest BCUT2D eigenvalue weighted by molar-refractivity contribution is 7.26. The van der Waals surface area contributed by atoms with E-state index in [1.54, 1.807) is 28.4 Å². The first-order valence-corrected chi connectivity index (χ1v) is 10.1. The van der Waals surface area contributed by atoms with E-state index in [1.807, 2.05) is 54.7 Å². The molecule has 0 spiro atoms. The van der Waals surface area contributed by atoms with Crippen molar-refractivity contribution >= 4 is 44.5 Å². The maximum Gasteiger partial charge on any atom is 0.265 e. The fraction of sp³-hybridized carbons (Fsp3) is 0. The Bertz CT molecular complexity index is 1220. The third-order valence-electron chi connectivity index (χ3n) is 4.08. The van der Waals surface area contributed by atoms with Crippen LogP contribution in [-0.4, -0.2) is 25.7 Å². The van der Waals surface area contributed by atoms with Gasteiger partial charge in [0, 0.05) is 12.4 Å². The van der Waals surface area contributed by atoms with Crippen LogP contribution in [0.15, 0.2) is 73.2 Å². The molecule has 0 atom stereocenters. The fourth-order valence-electron chi connectivity index (χ4n) is 2.75. The summed E-state index contributed by atoms with van der Waals surface area (Å²) >= 11 is 3.06. The number of benzene rings is 1. The van der Waals surface area contributed by atoms with Gasteiger partial charge in [0.25, 0.3) is 5.91 Å². The van der Waals surface area contributed by atoms with Crippen molar-refractivity contribution in [3.63, 3.8) is 0 Å². The van der Waals surface area contributed by atoms with E-state index in [0.717, 1.165) is 20.1 Å². The molecule has 0 bridgehead atoms. The number of nitrogens with zero attached hydrogens (tertiary/aromatic N) is 4. The maximum absolute atomic E-state index is 12.6. The van der Waals surface area contributed by atoms with Gasteiger partial charge in [-0.25, -0.2) is 14.6 Å². The molecule has 5 rings (SSSR count). The number of anilines is 1. The molecule has 4 aromatic heterocycles. The summed E-state index contributed by atoms with van der Waals surface area (Å²) in [6, 6.07) is 17.2. The number of fused-ring (bicyclic) bond motifs is 1. The highest BCUT2D eigenvalue weighted by Gasteiger charge is 2.13. The van der Waals surface area contributed by atoms with E-state index < -0.39 is 0 Å². The van der Waals surface area contributed by atoms with Crippen molar-refractivity contribution in [3.05, 3.63) is 78.1 Å². The van der Waals surface area contributed by atoms with Crippen LogP contribution in [0.5, 0.6) is 0 Å². The molecule has 0 unspecified atom stereocenters. The molecule has 136 valence electrons. The van der Waals surface area contributed by atoms with Gasteiger partial charge >= 0.3 is 0 Å². The molecule has 4 heterocycles. The van der Waals surface area contributed by atoms with E-state index in [4.69, 9.17) is 0 Å². The minimum absolute atomic E-state index is 0.161. The maximum atomic E-state index is 12.6. The zero-order valence-electron chi connectivity index (χ0n) is 14.4. The Morgan fingerprint density at radius 1 is 1.00 bits per heavy atom. The number of pyridine rings is 1. The summed E-state index contributed by atoms with van der Waals surface area (Å²) < 4.78 is 2.80. The van der Waals surface area contributed by atoms with Gasteiger partial charge in [0.2, 0.25) is 0 Å². The topological polar surface area (TPSA) is 72.7 Å². The molecule has 1 aromatic carbocycles. The zero-order valence-corrected chi connectivity index (χ0v) is 16.1. The lowest BCUT2D eigenvalue weighted by molar-refractivity contribution is 0.103. The lowest BCUT2D eigenvalue weighted by Crippen LogP contribution is -2.10. The number of hydrogen-bond acceptors (Lipinski definition) is 6. The number of thiazole rings is 1. The molecular weight excluding hydrogens is 390 g/mol. The molecule has 0 radical (unpaired) electrons. The zero-order chi connectivity index (χ0) is 18.9. The van der Waals surface area contributed by atoms with E-state index in [9.17, 15) is 4.79 Å². The van der Waals surface area contributed by atoms with Crippen molar-refractivity contribution in [1.82, 2.24) is 19.7 Å². The van der Waals surface area contributed by atoms with E-state index in [-0.39, 0.29) is 5.91 Å². The molecule has 0 saturated heterocycles. The third kappa shape index (κ3) is 3.19. The fourth-order valence-corrected chi connectivity index (χ4v) is 4.67. The third-order valence-corrected chi connectivity index (χ3v) is 6.37. The lowest BCUT2D eigenvalue weighted by atomic mass is 10.3. The Kier molecular flexibility index (Phi) is 4.19. The number of rotatable bonds is 4. The van der Waals surface area contributed by atoms with Crippen LogP contribution in [-0.2, 0) is 0 Å². The van der Waals surface area contributed by atoms with Gasteiger partial charge in [0.05, 0.1) is 31.9 Å². The van der Waals surface area contributed by atoms with Crippen LogP contribution < -0.4 is 5.32 Å². The molecule has 1 amide bonds. The van der Waals surface area contributed by atoms with Gasteiger partial charge in [-0.3, -0.25) is 4.79 Å². The summed E-state index contributed by atoms with van der Waals surface area (Å²) in [4.78, 5) is 23.2. The number of carbonyl (C=O) groups is 1. The molecule has 5 aromatic rings. The molecule has 0 aliphatic carbocycles. The van der Waals surface area contributed by atoms with E-state index in [0.29, 0.717) is 16.4 Å². The molecule has 0 fully saturated rings. The Hall–Kier alpha value is -3.36. The summed E-state index contributed by atoms with van der Waals surface area (Å²) in [6.45, 7) is 0. The smallest absolute Gasteiger partial charge is 0.265 e. The van der Waals surface area contributed by atoms with Gasteiger partial charge < -0.3 is 5.32 Å². The quantitative estimate of drug-likeness (QED) is 0.465. The van der Waals surface area contributed by atoms with Crippen LogP contribution in [0.1, 0.15) is 9.67 Å². The molecule has 8 heteroatoms. The number of amides is 1. The Labute approximate surface area is 168 Å². The molecule has 0 aliphatic rings. The van der Waals surface area contributed by atoms with Gasteiger partial charge in [-0.15, -0.1) is 22.7 Å². The van der Waals surface area contributed by atoms with E-state index in [2.05, 4.69) is 26.4 Å². The molecule has 28 heavy (non-hydrogen) atoms. The first-order valence-electron chi connectivity index (χ1n) is 8.49. The van der Waals surface area contributed by atoms with Crippen molar-refractivity contribution in [1.29, 1.82) is 0 Å². The van der Waals surface area contributed by atoms with Crippen molar-refractivity contribution in [2.45, 2.75) is 0 Å². The monoisotopic (exact) mass is 403 g/mol. The van der Waals surface area contributed by atoms with Crippen molar-refractivity contribution in [2.75, 3.05) is 5.32 Å². The first kappa shape index (κ1) is 16.8. The molecule has 0 aliphatic heterocycles. The van der Waals surface area contributed by atoms with Crippen molar-refractivity contribution in [2.24, 2.45) is 0 Å². The number of para-hydroxylation sites is 1. The average Bonchev–Trinajstić information content (AvgIpc) is 3.48. The predicted molar refractivity (Wildman–Crippen MR) is 112 cm³/mol. The lowest BCUT2D eigenvalue weighted by Gasteiger charge is -2.04. The Morgan fingerprint density at radius 2 is 1.93 bits per heavy atom. The standard InChI is InChI=1S/C20H13N5OS2/c26-19(23-13-6-9-18(21-12-13)25-11-3-10-22-25)16-7-8-17(27-16)20-24-14-4-1-2-5-15(14)28-20/h1-12H,(H,23,26). The average molecular weight is 403 g/mol. The number of carbonyl (C=O) groups excluding carboxylic acids is 1. The normalized spacial score (nSPS) is 11.0. The molecular formula is C20H13N5OS2. The predicted octanol–water partition coefficient (Wildman–Crippen LogP) is 4.86. The SMILES string of the molecule is O=C(Nc1ccc(-n2cccn2)nc1)c1ccc(-c2nc3ccccc3s2)s1. The van der Waals surface area contributed by atoms with Crippen molar-refractivity contribution < 1.29 is 4.79 Å². The first-order chi connectivity index (χ1) is 13.8. The van der Waals surface area contributed by atoms with E-state index in [1.165, 1.54) is 11.3 Å². The summed E-state index contributed by atoms with van der Waals surface area (Å²) in [5.74, 6) is 0.531. The summed E-state index contributed by atoms with van der Waals surface area (Å²) in [5, 5.41) is 7.95. The van der Waals surface area contributed by atoms with Crippen LogP contribution in [0.25, 0.3) is 25.9 Å². The highest BCUT2D eigenvalue weighted by Crippen LogP contribution is 2.34. The number of hydrogen-bond donors (Lipinski definition) is 1.